The number of ether oxygens (including phenoxy) is 2. The Hall–Kier alpha value is -2.35. The van der Waals surface area contributed by atoms with E-state index in [-0.39, 0.29) is 30.6 Å². The zero-order valence-electron chi connectivity index (χ0n) is 15.2. The smallest absolute Gasteiger partial charge is 0.329 e. The van der Waals surface area contributed by atoms with Crippen molar-refractivity contribution < 1.29 is 28.6 Å². The fourth-order valence-electron chi connectivity index (χ4n) is 3.53. The van der Waals surface area contributed by atoms with Crippen LogP contribution in [-0.2, 0) is 9.53 Å². The van der Waals surface area contributed by atoms with Crippen LogP contribution in [0, 0.1) is 11.7 Å². The summed E-state index contributed by atoms with van der Waals surface area (Å²) in [5.41, 5.74) is -1.26. The van der Waals surface area contributed by atoms with Gasteiger partial charge >= 0.3 is 12.0 Å². The number of carboxylic acids is 1. The van der Waals surface area contributed by atoms with E-state index in [2.05, 4.69) is 5.32 Å². The third kappa shape index (κ3) is 4.88. The number of likely N-dealkylation sites (tertiary alicyclic amines) is 1. The van der Waals surface area contributed by atoms with Crippen molar-refractivity contribution in [2.75, 3.05) is 32.9 Å². The SMILES string of the molecule is O=C(NC1(C(=O)O)CCOCC1)N1CCCC(COc2ccc(F)cc2)C1. The molecular formula is C19H25FN2O5. The zero-order valence-corrected chi connectivity index (χ0v) is 15.2. The topological polar surface area (TPSA) is 88.1 Å². The summed E-state index contributed by atoms with van der Waals surface area (Å²) in [5.74, 6) is -0.606. The number of piperidine rings is 1. The Morgan fingerprint density at radius 3 is 2.67 bits per heavy atom. The van der Waals surface area contributed by atoms with Crippen molar-refractivity contribution in [2.45, 2.75) is 31.2 Å². The number of hydrogen-bond acceptors (Lipinski definition) is 4. The fourth-order valence-corrected chi connectivity index (χ4v) is 3.53. The molecule has 1 unspecified atom stereocenters. The normalized spacial score (nSPS) is 22.1. The monoisotopic (exact) mass is 380 g/mol. The third-order valence-corrected chi connectivity index (χ3v) is 5.21. The molecule has 0 aromatic heterocycles. The lowest BCUT2D eigenvalue weighted by atomic mass is 9.90. The zero-order chi connectivity index (χ0) is 19.3. The lowest BCUT2D eigenvalue weighted by Crippen LogP contribution is -2.61. The van der Waals surface area contributed by atoms with E-state index in [1.807, 2.05) is 0 Å². The largest absolute Gasteiger partial charge is 0.493 e. The first-order chi connectivity index (χ1) is 13.0. The Bertz CT molecular complexity index is 661. The van der Waals surface area contributed by atoms with Crippen LogP contribution in [0.15, 0.2) is 24.3 Å². The van der Waals surface area contributed by atoms with Gasteiger partial charge in [-0.05, 0) is 37.1 Å². The minimum absolute atomic E-state index is 0.144. The predicted octanol–water partition coefficient (Wildman–Crippen LogP) is 2.26. The van der Waals surface area contributed by atoms with E-state index in [4.69, 9.17) is 9.47 Å². The molecule has 1 aromatic rings. The first-order valence-corrected chi connectivity index (χ1v) is 9.25. The number of amides is 2. The summed E-state index contributed by atoms with van der Waals surface area (Å²) >= 11 is 0. The molecule has 1 atom stereocenters. The predicted molar refractivity (Wildman–Crippen MR) is 95.1 cm³/mol. The lowest BCUT2D eigenvalue weighted by Gasteiger charge is -2.38. The Morgan fingerprint density at radius 1 is 1.30 bits per heavy atom. The van der Waals surface area contributed by atoms with E-state index in [0.717, 1.165) is 12.8 Å². The molecule has 0 spiro atoms. The Labute approximate surface area is 157 Å². The second-order valence-electron chi connectivity index (χ2n) is 7.15. The molecule has 2 N–H and O–H groups in total. The summed E-state index contributed by atoms with van der Waals surface area (Å²) in [6.45, 7) is 2.15. The molecule has 0 radical (unpaired) electrons. The van der Waals surface area contributed by atoms with E-state index >= 15 is 0 Å². The van der Waals surface area contributed by atoms with Crippen LogP contribution in [0.1, 0.15) is 25.7 Å². The van der Waals surface area contributed by atoms with E-state index in [0.29, 0.717) is 38.7 Å². The van der Waals surface area contributed by atoms with Gasteiger partial charge in [-0.15, -0.1) is 0 Å². The maximum atomic E-state index is 12.9. The van der Waals surface area contributed by atoms with Gasteiger partial charge in [-0.2, -0.15) is 0 Å². The summed E-state index contributed by atoms with van der Waals surface area (Å²) in [4.78, 5) is 26.0. The highest BCUT2D eigenvalue weighted by Gasteiger charge is 2.42. The molecule has 27 heavy (non-hydrogen) atoms. The third-order valence-electron chi connectivity index (χ3n) is 5.21. The molecule has 0 saturated carbocycles. The number of hydrogen-bond donors (Lipinski definition) is 2. The van der Waals surface area contributed by atoms with Crippen molar-refractivity contribution in [1.29, 1.82) is 0 Å². The van der Waals surface area contributed by atoms with Crippen LogP contribution in [0.4, 0.5) is 9.18 Å². The van der Waals surface area contributed by atoms with Crippen molar-refractivity contribution >= 4 is 12.0 Å². The summed E-state index contributed by atoms with van der Waals surface area (Å²) in [5, 5.41) is 12.3. The summed E-state index contributed by atoms with van der Waals surface area (Å²) in [6, 6.07) is 5.48. The molecule has 7 nitrogen and oxygen atoms in total. The highest BCUT2D eigenvalue weighted by molar-refractivity contribution is 5.86. The van der Waals surface area contributed by atoms with Crippen LogP contribution < -0.4 is 10.1 Å². The fraction of sp³-hybridized carbons (Fsp3) is 0.579. The average Bonchev–Trinajstić information content (AvgIpc) is 2.68. The first-order valence-electron chi connectivity index (χ1n) is 9.25. The number of benzene rings is 1. The van der Waals surface area contributed by atoms with Gasteiger partial charge in [0.05, 0.1) is 6.61 Å². The molecule has 2 fully saturated rings. The van der Waals surface area contributed by atoms with E-state index in [1.165, 1.54) is 12.1 Å². The Morgan fingerprint density at radius 2 is 2.00 bits per heavy atom. The Balaban J connectivity index is 1.54. The van der Waals surface area contributed by atoms with Crippen molar-refractivity contribution in [3.8, 4) is 5.75 Å². The standard InChI is InChI=1S/C19H25FN2O5/c20-15-3-5-16(6-4-15)27-13-14-2-1-9-22(12-14)18(25)21-19(17(23)24)7-10-26-11-8-19/h3-6,14H,1-2,7-13H2,(H,21,25)(H,23,24). The van der Waals surface area contributed by atoms with E-state index in [1.54, 1.807) is 17.0 Å². The van der Waals surface area contributed by atoms with Gasteiger partial charge < -0.3 is 24.8 Å². The average molecular weight is 380 g/mol. The van der Waals surface area contributed by atoms with Gasteiger partial charge in [0.15, 0.2) is 0 Å². The highest BCUT2D eigenvalue weighted by atomic mass is 19.1. The lowest BCUT2D eigenvalue weighted by molar-refractivity contribution is -0.148. The number of urea groups is 1. The number of carboxylic acid groups (broad SMARTS) is 1. The molecule has 2 aliphatic rings. The molecule has 1 aromatic carbocycles. The van der Waals surface area contributed by atoms with Crippen LogP contribution in [0.3, 0.4) is 0 Å². The van der Waals surface area contributed by atoms with Gasteiger partial charge in [-0.1, -0.05) is 0 Å². The van der Waals surface area contributed by atoms with Crippen molar-refractivity contribution in [1.82, 2.24) is 10.2 Å². The van der Waals surface area contributed by atoms with Crippen LogP contribution in [0.25, 0.3) is 0 Å². The Kier molecular flexibility index (Phi) is 6.15. The summed E-state index contributed by atoms with van der Waals surface area (Å²) in [6.07, 6.45) is 2.27. The number of carbonyl (C=O) groups is 2. The number of nitrogens with zero attached hydrogens (tertiary/aromatic N) is 1. The van der Waals surface area contributed by atoms with E-state index in [9.17, 15) is 19.1 Å². The van der Waals surface area contributed by atoms with Gasteiger partial charge in [0.1, 0.15) is 17.1 Å². The number of nitrogens with one attached hydrogen (secondary N) is 1. The molecule has 3 rings (SSSR count). The van der Waals surface area contributed by atoms with Crippen LogP contribution in [0.2, 0.25) is 0 Å². The minimum Gasteiger partial charge on any atom is -0.493 e. The number of aliphatic carboxylic acids is 1. The maximum absolute atomic E-state index is 12.9. The van der Waals surface area contributed by atoms with Gasteiger partial charge in [-0.3, -0.25) is 0 Å². The molecule has 2 heterocycles. The molecule has 2 amide bonds. The maximum Gasteiger partial charge on any atom is 0.329 e. The summed E-state index contributed by atoms with van der Waals surface area (Å²) in [7, 11) is 0. The van der Waals surface area contributed by atoms with Crippen molar-refractivity contribution in [3.05, 3.63) is 30.1 Å². The van der Waals surface area contributed by atoms with Gasteiger partial charge in [0, 0.05) is 45.1 Å². The van der Waals surface area contributed by atoms with Crippen LogP contribution in [0.5, 0.6) is 5.75 Å². The minimum atomic E-state index is -1.26. The molecule has 148 valence electrons. The quantitative estimate of drug-likeness (QED) is 0.818. The van der Waals surface area contributed by atoms with Crippen LogP contribution >= 0.6 is 0 Å². The van der Waals surface area contributed by atoms with Gasteiger partial charge in [-0.25, -0.2) is 14.0 Å². The molecule has 8 heteroatoms. The molecule has 2 saturated heterocycles. The molecule has 0 bridgehead atoms. The summed E-state index contributed by atoms with van der Waals surface area (Å²) < 4.78 is 23.9. The van der Waals surface area contributed by atoms with Gasteiger partial charge in [0.25, 0.3) is 0 Å². The molecule has 2 aliphatic heterocycles. The second-order valence-corrected chi connectivity index (χ2v) is 7.15. The number of halogens is 1. The van der Waals surface area contributed by atoms with E-state index < -0.39 is 11.5 Å². The number of rotatable bonds is 5. The molecular weight excluding hydrogens is 355 g/mol. The first kappa shape index (κ1) is 19.4. The molecule has 0 aliphatic carbocycles. The van der Waals surface area contributed by atoms with Gasteiger partial charge in [0.2, 0.25) is 0 Å². The van der Waals surface area contributed by atoms with Crippen molar-refractivity contribution in [3.63, 3.8) is 0 Å². The second kappa shape index (κ2) is 8.56. The van der Waals surface area contributed by atoms with Crippen LogP contribution in [-0.4, -0.2) is 60.5 Å². The van der Waals surface area contributed by atoms with Crippen molar-refractivity contribution in [2.24, 2.45) is 5.92 Å². The number of carbonyl (C=O) groups excluding carboxylic acids is 1. The highest BCUT2D eigenvalue weighted by Crippen LogP contribution is 2.23.